The van der Waals surface area contributed by atoms with Gasteiger partial charge in [-0.15, -0.1) is 0 Å². The highest BCUT2D eigenvalue weighted by molar-refractivity contribution is 4.96. The van der Waals surface area contributed by atoms with Crippen molar-refractivity contribution in [3.8, 4) is 0 Å². The van der Waals surface area contributed by atoms with E-state index in [1.165, 1.54) is 24.8 Å². The Morgan fingerprint density at radius 2 is 2.14 bits per heavy atom. The molecule has 0 bridgehead atoms. The highest BCUT2D eigenvalue weighted by atomic mass is 16.3. The summed E-state index contributed by atoms with van der Waals surface area (Å²) >= 11 is 0. The number of aliphatic hydroxyl groups excluding tert-OH is 1. The molecule has 0 radical (unpaired) electrons. The van der Waals surface area contributed by atoms with Gasteiger partial charge in [0.15, 0.2) is 0 Å². The second kappa shape index (κ2) is 6.20. The van der Waals surface area contributed by atoms with E-state index in [1.807, 2.05) is 0 Å². The Kier molecular flexibility index (Phi) is 5.20. The van der Waals surface area contributed by atoms with E-state index in [4.69, 9.17) is 0 Å². The van der Waals surface area contributed by atoms with Gasteiger partial charge < -0.3 is 5.11 Å². The molecule has 82 valence electrons. The third kappa shape index (κ3) is 3.81. The number of nitrogens with zero attached hydrogens (tertiary/aromatic N) is 1. The van der Waals surface area contributed by atoms with Crippen molar-refractivity contribution in [3.05, 3.63) is 11.6 Å². The molecule has 1 aliphatic heterocycles. The van der Waals surface area contributed by atoms with Crippen molar-refractivity contribution in [1.82, 2.24) is 4.90 Å². The van der Waals surface area contributed by atoms with E-state index in [0.29, 0.717) is 12.6 Å². The van der Waals surface area contributed by atoms with Gasteiger partial charge in [-0.05, 0) is 33.2 Å². The standard InChI is InChI=1S/C12H23NO/c1-11(2)7-9-13-8-5-3-4-6-12(13)10-14/h7,12,14H,3-6,8-10H2,1-2H3. The second-order valence-corrected chi connectivity index (χ2v) is 4.46. The van der Waals surface area contributed by atoms with Gasteiger partial charge in [0.05, 0.1) is 6.61 Å². The van der Waals surface area contributed by atoms with Gasteiger partial charge in [0, 0.05) is 12.6 Å². The maximum Gasteiger partial charge on any atom is 0.0586 e. The molecule has 2 heteroatoms. The lowest BCUT2D eigenvalue weighted by atomic mass is 10.1. The van der Waals surface area contributed by atoms with Gasteiger partial charge in [0.2, 0.25) is 0 Å². The molecule has 1 fully saturated rings. The molecule has 1 atom stereocenters. The van der Waals surface area contributed by atoms with Crippen LogP contribution in [0.5, 0.6) is 0 Å². The first kappa shape index (κ1) is 11.7. The van der Waals surface area contributed by atoms with Crippen LogP contribution in [0.2, 0.25) is 0 Å². The van der Waals surface area contributed by atoms with E-state index in [-0.39, 0.29) is 0 Å². The Bertz CT molecular complexity index is 185. The normalized spacial score (nSPS) is 24.4. The minimum absolute atomic E-state index is 0.316. The molecular weight excluding hydrogens is 174 g/mol. The van der Waals surface area contributed by atoms with Crippen molar-refractivity contribution in [2.24, 2.45) is 0 Å². The van der Waals surface area contributed by atoms with Gasteiger partial charge in [-0.3, -0.25) is 4.90 Å². The molecule has 0 saturated carbocycles. The number of aliphatic hydroxyl groups is 1. The molecule has 0 spiro atoms. The Labute approximate surface area is 87.6 Å². The van der Waals surface area contributed by atoms with Crippen LogP contribution in [0.3, 0.4) is 0 Å². The molecule has 2 nitrogen and oxygen atoms in total. The van der Waals surface area contributed by atoms with E-state index in [2.05, 4.69) is 24.8 Å². The van der Waals surface area contributed by atoms with Gasteiger partial charge in [-0.25, -0.2) is 0 Å². The van der Waals surface area contributed by atoms with Gasteiger partial charge in [-0.1, -0.05) is 24.5 Å². The lowest BCUT2D eigenvalue weighted by molar-refractivity contribution is 0.135. The number of allylic oxidation sites excluding steroid dienone is 1. The van der Waals surface area contributed by atoms with Crippen LogP contribution in [-0.2, 0) is 0 Å². The molecule has 0 aromatic carbocycles. The third-order valence-corrected chi connectivity index (χ3v) is 2.94. The van der Waals surface area contributed by atoms with Crippen LogP contribution in [0.25, 0.3) is 0 Å². The molecular formula is C12H23NO. The molecule has 1 N–H and O–H groups in total. The summed E-state index contributed by atoms with van der Waals surface area (Å²) in [6.07, 6.45) is 7.30. The number of likely N-dealkylation sites (tertiary alicyclic amines) is 1. The summed E-state index contributed by atoms with van der Waals surface area (Å²) in [5.41, 5.74) is 1.37. The molecule has 0 aromatic heterocycles. The van der Waals surface area contributed by atoms with Crippen molar-refractivity contribution in [3.63, 3.8) is 0 Å². The summed E-state index contributed by atoms with van der Waals surface area (Å²) in [6, 6.07) is 0.396. The maximum absolute atomic E-state index is 9.29. The molecule has 1 unspecified atom stereocenters. The molecule has 0 aromatic rings. The predicted octanol–water partition coefficient (Wildman–Crippen LogP) is 2.19. The average molecular weight is 197 g/mol. The van der Waals surface area contributed by atoms with Gasteiger partial charge in [0.1, 0.15) is 0 Å². The summed E-state index contributed by atoms with van der Waals surface area (Å²) in [5, 5.41) is 9.29. The predicted molar refractivity (Wildman–Crippen MR) is 60.3 cm³/mol. The molecule has 1 rings (SSSR count). The Morgan fingerprint density at radius 1 is 1.36 bits per heavy atom. The smallest absolute Gasteiger partial charge is 0.0586 e. The quantitative estimate of drug-likeness (QED) is 0.701. The van der Waals surface area contributed by atoms with Crippen LogP contribution in [0.1, 0.15) is 39.5 Å². The first-order valence-corrected chi connectivity index (χ1v) is 5.72. The van der Waals surface area contributed by atoms with Crippen molar-refractivity contribution < 1.29 is 5.11 Å². The third-order valence-electron chi connectivity index (χ3n) is 2.94. The first-order chi connectivity index (χ1) is 6.74. The van der Waals surface area contributed by atoms with Crippen molar-refractivity contribution in [2.45, 2.75) is 45.6 Å². The van der Waals surface area contributed by atoms with Crippen LogP contribution in [0.15, 0.2) is 11.6 Å². The Balaban J connectivity index is 2.48. The zero-order valence-corrected chi connectivity index (χ0v) is 9.50. The highest BCUT2D eigenvalue weighted by Gasteiger charge is 2.18. The SMILES string of the molecule is CC(C)=CCN1CCCCCC1CO. The average Bonchev–Trinajstić information content (AvgIpc) is 2.38. The molecule has 1 saturated heterocycles. The summed E-state index contributed by atoms with van der Waals surface area (Å²) in [6.45, 7) is 6.73. The zero-order valence-electron chi connectivity index (χ0n) is 9.50. The topological polar surface area (TPSA) is 23.5 Å². The Hall–Kier alpha value is -0.340. The fraction of sp³-hybridized carbons (Fsp3) is 0.833. The van der Waals surface area contributed by atoms with Crippen LogP contribution in [-0.4, -0.2) is 35.7 Å². The van der Waals surface area contributed by atoms with Crippen LogP contribution in [0.4, 0.5) is 0 Å². The first-order valence-electron chi connectivity index (χ1n) is 5.72. The van der Waals surface area contributed by atoms with Crippen molar-refractivity contribution in [1.29, 1.82) is 0 Å². The number of hydrogen-bond acceptors (Lipinski definition) is 2. The lowest BCUT2D eigenvalue weighted by Gasteiger charge is -2.27. The van der Waals surface area contributed by atoms with Crippen molar-refractivity contribution in [2.75, 3.05) is 19.7 Å². The summed E-state index contributed by atoms with van der Waals surface area (Å²) in [5.74, 6) is 0. The minimum Gasteiger partial charge on any atom is -0.395 e. The molecule has 0 amide bonds. The number of rotatable bonds is 3. The van der Waals surface area contributed by atoms with Gasteiger partial charge >= 0.3 is 0 Å². The van der Waals surface area contributed by atoms with E-state index in [9.17, 15) is 5.11 Å². The Morgan fingerprint density at radius 3 is 2.79 bits per heavy atom. The zero-order chi connectivity index (χ0) is 10.4. The van der Waals surface area contributed by atoms with Crippen LogP contribution < -0.4 is 0 Å². The molecule has 0 aliphatic carbocycles. The van der Waals surface area contributed by atoms with E-state index < -0.39 is 0 Å². The van der Waals surface area contributed by atoms with Crippen LogP contribution >= 0.6 is 0 Å². The van der Waals surface area contributed by atoms with E-state index >= 15 is 0 Å². The van der Waals surface area contributed by atoms with Crippen LogP contribution in [0, 0.1) is 0 Å². The van der Waals surface area contributed by atoms with Gasteiger partial charge in [0.25, 0.3) is 0 Å². The largest absolute Gasteiger partial charge is 0.395 e. The van der Waals surface area contributed by atoms with Crippen molar-refractivity contribution >= 4 is 0 Å². The summed E-state index contributed by atoms with van der Waals surface area (Å²) in [7, 11) is 0. The molecule has 14 heavy (non-hydrogen) atoms. The second-order valence-electron chi connectivity index (χ2n) is 4.46. The lowest BCUT2D eigenvalue weighted by Crippen LogP contribution is -2.37. The fourth-order valence-electron chi connectivity index (χ4n) is 1.98. The number of hydrogen-bond donors (Lipinski definition) is 1. The molecule has 1 heterocycles. The summed E-state index contributed by atoms with van der Waals surface area (Å²) < 4.78 is 0. The highest BCUT2D eigenvalue weighted by Crippen LogP contribution is 2.16. The van der Waals surface area contributed by atoms with E-state index in [1.54, 1.807) is 0 Å². The monoisotopic (exact) mass is 197 g/mol. The van der Waals surface area contributed by atoms with Gasteiger partial charge in [-0.2, -0.15) is 0 Å². The summed E-state index contributed by atoms with van der Waals surface area (Å²) in [4.78, 5) is 2.42. The fourth-order valence-corrected chi connectivity index (χ4v) is 1.98. The van der Waals surface area contributed by atoms with E-state index in [0.717, 1.165) is 19.5 Å². The maximum atomic E-state index is 9.29. The minimum atomic E-state index is 0.316. The molecule has 1 aliphatic rings.